The molecule has 0 bridgehead atoms. The van der Waals surface area contributed by atoms with E-state index in [-0.39, 0.29) is 5.91 Å². The SMILES string of the molecule is CCCCCCC(=O)Nc1cccc(OCc2ccccc2)c1. The number of carbonyl (C=O) groups excluding carboxylic acids is 1. The first-order chi connectivity index (χ1) is 11.3. The molecule has 0 saturated heterocycles. The van der Waals surface area contributed by atoms with Gasteiger partial charge < -0.3 is 10.1 Å². The molecule has 0 atom stereocenters. The Bertz CT molecular complexity index is 596. The first-order valence-corrected chi connectivity index (χ1v) is 8.34. The molecule has 3 heteroatoms. The van der Waals surface area contributed by atoms with E-state index in [9.17, 15) is 4.79 Å². The van der Waals surface area contributed by atoms with Crippen molar-refractivity contribution < 1.29 is 9.53 Å². The van der Waals surface area contributed by atoms with Crippen LogP contribution in [-0.2, 0) is 11.4 Å². The lowest BCUT2D eigenvalue weighted by atomic mass is 10.1. The molecule has 0 aliphatic heterocycles. The lowest BCUT2D eigenvalue weighted by Gasteiger charge is -2.09. The van der Waals surface area contributed by atoms with Gasteiger partial charge in [0.1, 0.15) is 12.4 Å². The van der Waals surface area contributed by atoms with E-state index in [0.29, 0.717) is 13.0 Å². The zero-order valence-electron chi connectivity index (χ0n) is 13.8. The first-order valence-electron chi connectivity index (χ1n) is 8.34. The minimum atomic E-state index is 0.0707. The van der Waals surface area contributed by atoms with Gasteiger partial charge >= 0.3 is 0 Å². The van der Waals surface area contributed by atoms with Gasteiger partial charge in [-0.3, -0.25) is 4.79 Å². The number of carbonyl (C=O) groups is 1. The Morgan fingerprint density at radius 2 is 1.83 bits per heavy atom. The van der Waals surface area contributed by atoms with Crippen LogP contribution >= 0.6 is 0 Å². The molecule has 1 amide bonds. The van der Waals surface area contributed by atoms with Crippen molar-refractivity contribution >= 4 is 11.6 Å². The standard InChI is InChI=1S/C20H25NO2/c1-2-3-4-8-14-20(22)21-18-12-9-13-19(15-18)23-16-17-10-6-5-7-11-17/h5-7,9-13,15H,2-4,8,14,16H2,1H3,(H,21,22). The normalized spacial score (nSPS) is 10.3. The second-order valence-electron chi connectivity index (χ2n) is 5.66. The van der Waals surface area contributed by atoms with E-state index in [1.165, 1.54) is 12.8 Å². The molecule has 0 unspecified atom stereocenters. The van der Waals surface area contributed by atoms with Gasteiger partial charge in [0.15, 0.2) is 0 Å². The van der Waals surface area contributed by atoms with Crippen molar-refractivity contribution in [3.05, 3.63) is 60.2 Å². The average molecular weight is 311 g/mol. The molecule has 1 N–H and O–H groups in total. The van der Waals surface area contributed by atoms with Crippen LogP contribution < -0.4 is 10.1 Å². The lowest BCUT2D eigenvalue weighted by Crippen LogP contribution is -2.11. The largest absolute Gasteiger partial charge is 0.489 e. The van der Waals surface area contributed by atoms with Crippen LogP contribution in [0, 0.1) is 0 Å². The van der Waals surface area contributed by atoms with Crippen molar-refractivity contribution in [1.82, 2.24) is 0 Å². The molecule has 0 aliphatic carbocycles. The van der Waals surface area contributed by atoms with Crippen LogP contribution in [0.5, 0.6) is 5.75 Å². The van der Waals surface area contributed by atoms with Gasteiger partial charge in [0.2, 0.25) is 5.91 Å². The highest BCUT2D eigenvalue weighted by Crippen LogP contribution is 2.19. The molecule has 0 fully saturated rings. The molecule has 122 valence electrons. The van der Waals surface area contributed by atoms with E-state index >= 15 is 0 Å². The molecule has 2 rings (SSSR count). The molecule has 23 heavy (non-hydrogen) atoms. The van der Waals surface area contributed by atoms with Gasteiger partial charge in [0, 0.05) is 18.2 Å². The maximum absolute atomic E-state index is 11.9. The summed E-state index contributed by atoms with van der Waals surface area (Å²) >= 11 is 0. The van der Waals surface area contributed by atoms with E-state index in [1.54, 1.807) is 0 Å². The number of nitrogens with one attached hydrogen (secondary N) is 1. The molecule has 2 aromatic rings. The van der Waals surface area contributed by atoms with Gasteiger partial charge in [-0.1, -0.05) is 62.6 Å². The van der Waals surface area contributed by atoms with Gasteiger partial charge in [0.25, 0.3) is 0 Å². The highest BCUT2D eigenvalue weighted by molar-refractivity contribution is 5.90. The van der Waals surface area contributed by atoms with Gasteiger partial charge in [-0.2, -0.15) is 0 Å². The average Bonchev–Trinajstić information content (AvgIpc) is 2.58. The van der Waals surface area contributed by atoms with E-state index < -0.39 is 0 Å². The summed E-state index contributed by atoms with van der Waals surface area (Å²) in [7, 11) is 0. The zero-order chi connectivity index (χ0) is 16.3. The third-order valence-electron chi connectivity index (χ3n) is 3.62. The van der Waals surface area contributed by atoms with Gasteiger partial charge in [-0.25, -0.2) is 0 Å². The summed E-state index contributed by atoms with van der Waals surface area (Å²) in [5.74, 6) is 0.832. The number of hydrogen-bond acceptors (Lipinski definition) is 2. The van der Waals surface area contributed by atoms with Gasteiger partial charge in [-0.15, -0.1) is 0 Å². The highest BCUT2D eigenvalue weighted by Gasteiger charge is 2.03. The Labute approximate surface area is 138 Å². The highest BCUT2D eigenvalue weighted by atomic mass is 16.5. The van der Waals surface area contributed by atoms with Gasteiger partial charge in [-0.05, 0) is 24.1 Å². The Balaban J connectivity index is 1.81. The van der Waals surface area contributed by atoms with Crippen molar-refractivity contribution in [3.8, 4) is 5.75 Å². The van der Waals surface area contributed by atoms with Crippen LogP contribution in [-0.4, -0.2) is 5.91 Å². The van der Waals surface area contributed by atoms with E-state index in [4.69, 9.17) is 4.74 Å². The lowest BCUT2D eigenvalue weighted by molar-refractivity contribution is -0.116. The number of ether oxygens (including phenoxy) is 1. The summed E-state index contributed by atoms with van der Waals surface area (Å²) in [5, 5.41) is 2.94. The van der Waals surface area contributed by atoms with Crippen molar-refractivity contribution in [2.24, 2.45) is 0 Å². The van der Waals surface area contributed by atoms with Crippen LogP contribution in [0.15, 0.2) is 54.6 Å². The fourth-order valence-electron chi connectivity index (χ4n) is 2.34. The fraction of sp³-hybridized carbons (Fsp3) is 0.350. The molecule has 2 aromatic carbocycles. The summed E-state index contributed by atoms with van der Waals surface area (Å²) in [4.78, 5) is 11.9. The van der Waals surface area contributed by atoms with Crippen molar-refractivity contribution in [3.63, 3.8) is 0 Å². The maximum atomic E-state index is 11.9. The zero-order valence-corrected chi connectivity index (χ0v) is 13.8. The van der Waals surface area contributed by atoms with Crippen molar-refractivity contribution in [1.29, 1.82) is 0 Å². The van der Waals surface area contributed by atoms with Crippen LogP contribution in [0.25, 0.3) is 0 Å². The second-order valence-corrected chi connectivity index (χ2v) is 5.66. The predicted molar refractivity (Wildman–Crippen MR) is 94.6 cm³/mol. The molecule has 0 heterocycles. The number of unbranched alkanes of at least 4 members (excludes halogenated alkanes) is 3. The quantitative estimate of drug-likeness (QED) is 0.648. The number of anilines is 1. The summed E-state index contributed by atoms with van der Waals surface area (Å²) in [6, 6.07) is 17.6. The molecule has 0 aliphatic rings. The van der Waals surface area contributed by atoms with Crippen LogP contribution in [0.1, 0.15) is 44.6 Å². The second kappa shape index (κ2) is 9.67. The maximum Gasteiger partial charge on any atom is 0.224 e. The monoisotopic (exact) mass is 311 g/mol. The van der Waals surface area contributed by atoms with Crippen LogP contribution in [0.4, 0.5) is 5.69 Å². The minimum absolute atomic E-state index is 0.0707. The smallest absolute Gasteiger partial charge is 0.224 e. The Morgan fingerprint density at radius 1 is 1.00 bits per heavy atom. The summed E-state index contributed by atoms with van der Waals surface area (Å²) in [6.07, 6.45) is 5.02. The Hall–Kier alpha value is -2.29. The fourth-order valence-corrected chi connectivity index (χ4v) is 2.34. The number of rotatable bonds is 9. The number of amides is 1. The van der Waals surface area contributed by atoms with Crippen molar-refractivity contribution in [2.45, 2.75) is 45.6 Å². The third-order valence-corrected chi connectivity index (χ3v) is 3.62. The topological polar surface area (TPSA) is 38.3 Å². The molecule has 0 aromatic heterocycles. The van der Waals surface area contributed by atoms with Crippen LogP contribution in [0.2, 0.25) is 0 Å². The Kier molecular flexibility index (Phi) is 7.18. The van der Waals surface area contributed by atoms with Crippen molar-refractivity contribution in [2.75, 3.05) is 5.32 Å². The number of benzene rings is 2. The Morgan fingerprint density at radius 3 is 2.61 bits per heavy atom. The molecule has 0 saturated carbocycles. The molecule has 3 nitrogen and oxygen atoms in total. The number of hydrogen-bond donors (Lipinski definition) is 1. The summed E-state index contributed by atoms with van der Waals surface area (Å²) in [6.45, 7) is 2.69. The van der Waals surface area contributed by atoms with Gasteiger partial charge in [0.05, 0.1) is 0 Å². The summed E-state index contributed by atoms with van der Waals surface area (Å²) < 4.78 is 5.78. The molecular formula is C20H25NO2. The molecular weight excluding hydrogens is 286 g/mol. The first kappa shape index (κ1) is 17.1. The predicted octanol–water partition coefficient (Wildman–Crippen LogP) is 5.17. The van der Waals surface area contributed by atoms with E-state index in [0.717, 1.165) is 29.8 Å². The van der Waals surface area contributed by atoms with E-state index in [2.05, 4.69) is 12.2 Å². The molecule has 0 spiro atoms. The minimum Gasteiger partial charge on any atom is -0.489 e. The molecule has 0 radical (unpaired) electrons. The summed E-state index contributed by atoms with van der Waals surface area (Å²) in [5.41, 5.74) is 1.91. The third kappa shape index (κ3) is 6.55. The van der Waals surface area contributed by atoms with Crippen LogP contribution in [0.3, 0.4) is 0 Å². The van der Waals surface area contributed by atoms with E-state index in [1.807, 2.05) is 54.6 Å².